The van der Waals surface area contributed by atoms with Crippen molar-refractivity contribution in [2.45, 2.75) is 13.0 Å². The number of benzene rings is 1. The maximum Gasteiger partial charge on any atom is 0.270 e. The maximum atomic E-state index is 10.6. The lowest BCUT2D eigenvalue weighted by molar-refractivity contribution is -0.384. The first-order valence-electron chi connectivity index (χ1n) is 4.65. The molecule has 0 amide bonds. The van der Waals surface area contributed by atoms with E-state index in [0.29, 0.717) is 10.9 Å². The smallest absolute Gasteiger partial charge is 0.258 e. The van der Waals surface area contributed by atoms with Crippen LogP contribution in [0.1, 0.15) is 13.0 Å². The topological polar surface area (TPSA) is 84.8 Å². The van der Waals surface area contributed by atoms with Gasteiger partial charge in [-0.2, -0.15) is 10.4 Å². The SMILES string of the molecule is CC(C#N)n1cc2cc([N+](=O)[O-])ccc2n1. The lowest BCUT2D eigenvalue weighted by Gasteiger charge is -1.99. The zero-order valence-corrected chi connectivity index (χ0v) is 8.49. The number of nitro benzene ring substituents is 1. The Hall–Kier alpha value is -2.42. The van der Waals surface area contributed by atoms with E-state index in [1.54, 1.807) is 19.2 Å². The highest BCUT2D eigenvalue weighted by Gasteiger charge is 2.10. The van der Waals surface area contributed by atoms with Crippen LogP contribution in [-0.2, 0) is 0 Å². The molecule has 16 heavy (non-hydrogen) atoms. The average Bonchev–Trinajstić information content (AvgIpc) is 2.70. The summed E-state index contributed by atoms with van der Waals surface area (Å²) in [5.41, 5.74) is 0.671. The minimum absolute atomic E-state index is 0.0247. The zero-order chi connectivity index (χ0) is 11.7. The van der Waals surface area contributed by atoms with E-state index in [-0.39, 0.29) is 11.7 Å². The van der Waals surface area contributed by atoms with Gasteiger partial charge >= 0.3 is 0 Å². The van der Waals surface area contributed by atoms with E-state index < -0.39 is 4.92 Å². The van der Waals surface area contributed by atoms with Crippen molar-refractivity contribution < 1.29 is 4.92 Å². The summed E-state index contributed by atoms with van der Waals surface area (Å²) >= 11 is 0. The minimum atomic E-state index is -0.454. The van der Waals surface area contributed by atoms with Gasteiger partial charge in [-0.05, 0) is 13.0 Å². The number of nitrogens with zero attached hydrogens (tertiary/aromatic N) is 4. The molecule has 0 radical (unpaired) electrons. The van der Waals surface area contributed by atoms with Crippen LogP contribution >= 0.6 is 0 Å². The summed E-state index contributed by atoms with van der Waals surface area (Å²) in [4.78, 5) is 10.1. The van der Waals surface area contributed by atoms with Crippen molar-refractivity contribution in [1.29, 1.82) is 5.26 Å². The molecule has 0 fully saturated rings. The van der Waals surface area contributed by atoms with Gasteiger partial charge in [-0.25, -0.2) is 0 Å². The predicted molar refractivity (Wildman–Crippen MR) is 56.7 cm³/mol. The minimum Gasteiger partial charge on any atom is -0.258 e. The quantitative estimate of drug-likeness (QED) is 0.567. The first-order chi connectivity index (χ1) is 7.61. The second kappa shape index (κ2) is 3.62. The van der Waals surface area contributed by atoms with Crippen molar-refractivity contribution in [2.75, 3.05) is 0 Å². The second-order valence-electron chi connectivity index (χ2n) is 3.41. The summed E-state index contributed by atoms with van der Waals surface area (Å²) in [6.07, 6.45) is 1.64. The van der Waals surface area contributed by atoms with E-state index in [9.17, 15) is 10.1 Å². The summed E-state index contributed by atoms with van der Waals surface area (Å²) in [6.45, 7) is 1.71. The maximum absolute atomic E-state index is 10.6. The number of hydrogen-bond acceptors (Lipinski definition) is 4. The van der Waals surface area contributed by atoms with E-state index in [2.05, 4.69) is 5.10 Å². The number of fused-ring (bicyclic) bond motifs is 1. The summed E-state index contributed by atoms with van der Waals surface area (Å²) in [7, 11) is 0. The van der Waals surface area contributed by atoms with Gasteiger partial charge in [-0.15, -0.1) is 0 Å². The van der Waals surface area contributed by atoms with Gasteiger partial charge in [0.05, 0.1) is 16.5 Å². The third kappa shape index (κ3) is 1.59. The van der Waals surface area contributed by atoms with Crippen molar-refractivity contribution in [3.8, 4) is 6.07 Å². The summed E-state index contributed by atoms with van der Waals surface area (Å²) in [5, 5.41) is 24.1. The van der Waals surface area contributed by atoms with Gasteiger partial charge in [-0.3, -0.25) is 14.8 Å². The van der Waals surface area contributed by atoms with E-state index in [1.807, 2.05) is 6.07 Å². The van der Waals surface area contributed by atoms with Gasteiger partial charge in [-0.1, -0.05) is 0 Å². The van der Waals surface area contributed by atoms with E-state index in [0.717, 1.165) is 0 Å². The fourth-order valence-electron chi connectivity index (χ4n) is 1.40. The molecule has 0 aliphatic carbocycles. The van der Waals surface area contributed by atoms with Crippen molar-refractivity contribution >= 4 is 16.6 Å². The molecule has 6 nitrogen and oxygen atoms in total. The van der Waals surface area contributed by atoms with Crippen LogP contribution in [0, 0.1) is 21.4 Å². The largest absolute Gasteiger partial charge is 0.270 e. The highest BCUT2D eigenvalue weighted by Crippen LogP contribution is 2.20. The lowest BCUT2D eigenvalue weighted by Crippen LogP contribution is -2.01. The third-order valence-electron chi connectivity index (χ3n) is 2.30. The number of nitriles is 1. The predicted octanol–water partition coefficient (Wildman–Crippen LogP) is 2.03. The third-order valence-corrected chi connectivity index (χ3v) is 2.30. The average molecular weight is 216 g/mol. The van der Waals surface area contributed by atoms with Crippen LogP contribution < -0.4 is 0 Å². The number of non-ortho nitro benzene ring substituents is 1. The molecule has 0 aliphatic heterocycles. The molecule has 6 heteroatoms. The van der Waals surface area contributed by atoms with E-state index in [4.69, 9.17) is 5.26 Å². The molecule has 2 rings (SSSR count). The van der Waals surface area contributed by atoms with Crippen LogP contribution in [0.15, 0.2) is 24.4 Å². The molecule has 80 valence electrons. The van der Waals surface area contributed by atoms with Crippen LogP contribution in [-0.4, -0.2) is 14.7 Å². The monoisotopic (exact) mass is 216 g/mol. The number of aromatic nitrogens is 2. The van der Waals surface area contributed by atoms with E-state index >= 15 is 0 Å². The number of rotatable bonds is 2. The molecular weight excluding hydrogens is 208 g/mol. The Morgan fingerprint density at radius 1 is 1.62 bits per heavy atom. The molecule has 1 atom stereocenters. The van der Waals surface area contributed by atoms with Gasteiger partial charge in [0.1, 0.15) is 6.04 Å². The Labute approximate surface area is 90.9 Å². The van der Waals surface area contributed by atoms with Gasteiger partial charge in [0.15, 0.2) is 0 Å². The number of nitro groups is 1. The van der Waals surface area contributed by atoms with Gasteiger partial charge in [0.2, 0.25) is 0 Å². The Morgan fingerprint density at radius 2 is 2.38 bits per heavy atom. The fourth-order valence-corrected chi connectivity index (χ4v) is 1.40. The molecule has 1 heterocycles. The molecule has 0 aliphatic rings. The zero-order valence-electron chi connectivity index (χ0n) is 8.49. The van der Waals surface area contributed by atoms with Crippen molar-refractivity contribution in [2.24, 2.45) is 0 Å². The Morgan fingerprint density at radius 3 is 3.00 bits per heavy atom. The lowest BCUT2D eigenvalue weighted by atomic mass is 10.2. The highest BCUT2D eigenvalue weighted by atomic mass is 16.6. The Kier molecular flexibility index (Phi) is 2.29. The number of hydrogen-bond donors (Lipinski definition) is 0. The molecule has 1 aromatic heterocycles. The van der Waals surface area contributed by atoms with Gasteiger partial charge in [0.25, 0.3) is 5.69 Å². The molecule has 0 spiro atoms. The van der Waals surface area contributed by atoms with Crippen LogP contribution in [0.3, 0.4) is 0 Å². The fraction of sp³-hybridized carbons (Fsp3) is 0.200. The summed E-state index contributed by atoms with van der Waals surface area (Å²) in [5.74, 6) is 0. The standard InChI is InChI=1S/C10H8N4O2/c1-7(5-11)13-6-8-4-9(14(15)16)2-3-10(8)12-13/h2-4,6-7H,1H3. The molecular formula is C10H8N4O2. The van der Waals surface area contributed by atoms with Crippen LogP contribution in [0.4, 0.5) is 5.69 Å². The van der Waals surface area contributed by atoms with Crippen molar-refractivity contribution in [3.63, 3.8) is 0 Å². The van der Waals surface area contributed by atoms with Crippen LogP contribution in [0.25, 0.3) is 10.9 Å². The second-order valence-corrected chi connectivity index (χ2v) is 3.41. The molecule has 0 N–H and O–H groups in total. The Bertz CT molecular complexity index is 596. The van der Waals surface area contributed by atoms with Gasteiger partial charge in [0, 0.05) is 23.7 Å². The van der Waals surface area contributed by atoms with Gasteiger partial charge < -0.3 is 0 Å². The summed E-state index contributed by atoms with van der Waals surface area (Å²) < 4.78 is 1.49. The summed E-state index contributed by atoms with van der Waals surface area (Å²) in [6, 6.07) is 6.09. The van der Waals surface area contributed by atoms with Crippen molar-refractivity contribution in [1.82, 2.24) is 9.78 Å². The normalized spacial score (nSPS) is 12.2. The molecule has 0 saturated heterocycles. The van der Waals surface area contributed by atoms with Crippen LogP contribution in [0.5, 0.6) is 0 Å². The van der Waals surface area contributed by atoms with Crippen molar-refractivity contribution in [3.05, 3.63) is 34.5 Å². The molecule has 0 bridgehead atoms. The van der Waals surface area contributed by atoms with E-state index in [1.165, 1.54) is 16.8 Å². The molecule has 1 aromatic carbocycles. The molecule has 0 saturated carbocycles. The Balaban J connectivity index is 2.55. The van der Waals surface area contributed by atoms with Crippen LogP contribution in [0.2, 0.25) is 0 Å². The first kappa shape index (κ1) is 10.1. The highest BCUT2D eigenvalue weighted by molar-refractivity contribution is 5.80. The molecule has 2 aromatic rings. The first-order valence-corrected chi connectivity index (χ1v) is 4.65. The molecule has 1 unspecified atom stereocenters.